The van der Waals surface area contributed by atoms with Gasteiger partial charge in [-0.25, -0.2) is 4.79 Å². The maximum Gasteiger partial charge on any atom is 0.378 e. The number of aryl methyl sites for hydroxylation is 3. The number of halogens is 1. The van der Waals surface area contributed by atoms with Crippen molar-refractivity contribution in [1.29, 1.82) is 0 Å². The summed E-state index contributed by atoms with van der Waals surface area (Å²) >= 11 is 0. The fourth-order valence-electron chi connectivity index (χ4n) is 1.51. The van der Waals surface area contributed by atoms with E-state index in [9.17, 15) is 9.18 Å². The predicted octanol–water partition coefficient (Wildman–Crippen LogP) is 2.37. The van der Waals surface area contributed by atoms with Crippen molar-refractivity contribution in [1.82, 2.24) is 0 Å². The third-order valence-electron chi connectivity index (χ3n) is 2.02. The molecular weight excluding hydrogens is 199 g/mol. The predicted molar refractivity (Wildman–Crippen MR) is 53.8 cm³/mol. The summed E-state index contributed by atoms with van der Waals surface area (Å²) in [5.41, 5.74) is 2.50. The first-order valence-electron chi connectivity index (χ1n) is 4.53. The van der Waals surface area contributed by atoms with Crippen molar-refractivity contribution >= 4 is 5.97 Å². The quantitative estimate of drug-likeness (QED) is 0.836. The maximum atomic E-state index is 12.9. The van der Waals surface area contributed by atoms with Crippen molar-refractivity contribution < 1.29 is 19.0 Å². The Morgan fingerprint density at radius 3 is 2.20 bits per heavy atom. The number of ether oxygens (including phenoxy) is 1. The lowest BCUT2D eigenvalue weighted by atomic mass is 10.1. The Morgan fingerprint density at radius 2 is 1.80 bits per heavy atom. The Labute approximate surface area is 87.5 Å². The highest BCUT2D eigenvalue weighted by Gasteiger charge is 2.19. The molecule has 0 aliphatic heterocycles. The van der Waals surface area contributed by atoms with Gasteiger partial charge in [0.2, 0.25) is 0 Å². The molecule has 1 unspecified atom stereocenters. The number of rotatable bonds is 3. The molecule has 0 saturated carbocycles. The molecule has 0 amide bonds. The Kier molecular flexibility index (Phi) is 3.29. The number of hydrogen-bond donors (Lipinski definition) is 1. The van der Waals surface area contributed by atoms with Crippen LogP contribution in [0.2, 0.25) is 0 Å². The highest BCUT2D eigenvalue weighted by molar-refractivity contribution is 5.71. The highest BCUT2D eigenvalue weighted by Crippen LogP contribution is 2.25. The number of benzene rings is 1. The molecule has 0 bridgehead atoms. The molecule has 82 valence electrons. The molecule has 15 heavy (non-hydrogen) atoms. The maximum absolute atomic E-state index is 12.9. The molecule has 0 aliphatic rings. The number of hydrogen-bond acceptors (Lipinski definition) is 2. The first kappa shape index (κ1) is 11.5. The van der Waals surface area contributed by atoms with Crippen LogP contribution in [0, 0.1) is 20.8 Å². The van der Waals surface area contributed by atoms with Crippen LogP contribution in [0.3, 0.4) is 0 Å². The van der Waals surface area contributed by atoms with E-state index < -0.39 is 12.3 Å². The van der Waals surface area contributed by atoms with Gasteiger partial charge in [0.1, 0.15) is 5.75 Å². The van der Waals surface area contributed by atoms with E-state index >= 15 is 0 Å². The van der Waals surface area contributed by atoms with Crippen molar-refractivity contribution in [2.45, 2.75) is 27.1 Å². The first-order valence-corrected chi connectivity index (χ1v) is 4.53. The van der Waals surface area contributed by atoms with Crippen LogP contribution in [0.15, 0.2) is 12.1 Å². The Hall–Kier alpha value is -1.58. The van der Waals surface area contributed by atoms with Crippen LogP contribution in [0.5, 0.6) is 5.75 Å². The molecule has 1 aromatic rings. The monoisotopic (exact) mass is 212 g/mol. The van der Waals surface area contributed by atoms with Gasteiger partial charge in [-0.2, -0.15) is 4.39 Å². The minimum Gasteiger partial charge on any atom is -0.476 e. The normalized spacial score (nSPS) is 12.3. The lowest BCUT2D eigenvalue weighted by Gasteiger charge is -2.13. The van der Waals surface area contributed by atoms with Crippen LogP contribution < -0.4 is 4.74 Å². The number of carboxylic acid groups (broad SMARTS) is 1. The van der Waals surface area contributed by atoms with E-state index in [1.54, 1.807) is 13.8 Å². The second-order valence-electron chi connectivity index (χ2n) is 3.50. The summed E-state index contributed by atoms with van der Waals surface area (Å²) in [4.78, 5) is 10.3. The fraction of sp³-hybridized carbons (Fsp3) is 0.364. The first-order chi connectivity index (χ1) is 6.91. The molecule has 0 aromatic heterocycles. The second-order valence-corrected chi connectivity index (χ2v) is 3.50. The molecule has 1 aromatic carbocycles. The number of alkyl halides is 1. The fourth-order valence-corrected chi connectivity index (χ4v) is 1.51. The van der Waals surface area contributed by atoms with E-state index in [4.69, 9.17) is 9.84 Å². The summed E-state index contributed by atoms with van der Waals surface area (Å²) in [6, 6.07) is 3.63. The zero-order chi connectivity index (χ0) is 11.6. The van der Waals surface area contributed by atoms with Crippen LogP contribution in [0.4, 0.5) is 4.39 Å². The SMILES string of the molecule is Cc1cc(C)c(OC(F)C(=O)O)c(C)c1. The molecule has 3 nitrogen and oxygen atoms in total. The molecule has 0 fully saturated rings. The van der Waals surface area contributed by atoms with Gasteiger partial charge < -0.3 is 9.84 Å². The van der Waals surface area contributed by atoms with E-state index in [0.717, 1.165) is 16.7 Å². The summed E-state index contributed by atoms with van der Waals surface area (Å²) in [7, 11) is 0. The molecule has 0 saturated heterocycles. The Morgan fingerprint density at radius 1 is 1.33 bits per heavy atom. The summed E-state index contributed by atoms with van der Waals surface area (Å²) in [5.74, 6) is -1.31. The van der Waals surface area contributed by atoms with E-state index in [-0.39, 0.29) is 0 Å². The van der Waals surface area contributed by atoms with Gasteiger partial charge in [0.15, 0.2) is 0 Å². The van der Waals surface area contributed by atoms with Crippen LogP contribution in [0.25, 0.3) is 0 Å². The van der Waals surface area contributed by atoms with E-state index in [1.807, 2.05) is 19.1 Å². The zero-order valence-electron chi connectivity index (χ0n) is 8.87. The Bertz CT molecular complexity index is 364. The third kappa shape index (κ3) is 2.68. The van der Waals surface area contributed by atoms with Gasteiger partial charge in [0, 0.05) is 0 Å². The van der Waals surface area contributed by atoms with Gasteiger partial charge in [-0.05, 0) is 31.9 Å². The van der Waals surface area contributed by atoms with Crippen molar-refractivity contribution in [2.75, 3.05) is 0 Å². The van der Waals surface area contributed by atoms with Gasteiger partial charge in [-0.3, -0.25) is 0 Å². The lowest BCUT2D eigenvalue weighted by molar-refractivity contribution is -0.153. The van der Waals surface area contributed by atoms with Crippen LogP contribution >= 0.6 is 0 Å². The molecular formula is C11H13FO3. The molecule has 1 N–H and O–H groups in total. The zero-order valence-corrected chi connectivity index (χ0v) is 8.87. The average molecular weight is 212 g/mol. The van der Waals surface area contributed by atoms with Crippen molar-refractivity contribution in [3.63, 3.8) is 0 Å². The van der Waals surface area contributed by atoms with Crippen molar-refractivity contribution in [3.05, 3.63) is 28.8 Å². The van der Waals surface area contributed by atoms with Gasteiger partial charge in [0.25, 0.3) is 0 Å². The highest BCUT2D eigenvalue weighted by atomic mass is 19.1. The minimum atomic E-state index is -2.31. The molecule has 0 aliphatic carbocycles. The standard InChI is InChI=1S/C11H13FO3/c1-6-4-7(2)9(8(3)5-6)15-10(12)11(13)14/h4-5,10H,1-3H3,(H,13,14). The average Bonchev–Trinajstić information content (AvgIpc) is 2.10. The number of carbonyl (C=O) groups is 1. The van der Waals surface area contributed by atoms with Gasteiger partial charge in [-0.15, -0.1) is 0 Å². The second kappa shape index (κ2) is 4.29. The molecule has 0 spiro atoms. The minimum absolute atomic E-state index is 0.301. The molecule has 0 radical (unpaired) electrons. The molecule has 1 atom stereocenters. The van der Waals surface area contributed by atoms with E-state index in [1.165, 1.54) is 0 Å². The smallest absolute Gasteiger partial charge is 0.378 e. The van der Waals surface area contributed by atoms with Gasteiger partial charge >= 0.3 is 12.3 Å². The number of carboxylic acids is 1. The molecule has 4 heteroatoms. The van der Waals surface area contributed by atoms with E-state index in [2.05, 4.69) is 0 Å². The largest absolute Gasteiger partial charge is 0.476 e. The summed E-state index contributed by atoms with van der Waals surface area (Å²) in [6.45, 7) is 5.42. The van der Waals surface area contributed by atoms with Crippen LogP contribution in [-0.2, 0) is 4.79 Å². The lowest BCUT2D eigenvalue weighted by Crippen LogP contribution is -2.22. The van der Waals surface area contributed by atoms with E-state index in [0.29, 0.717) is 5.75 Å². The third-order valence-corrected chi connectivity index (χ3v) is 2.02. The summed E-state index contributed by atoms with van der Waals surface area (Å²) in [6.07, 6.45) is -2.31. The van der Waals surface area contributed by atoms with Gasteiger partial charge in [-0.1, -0.05) is 17.7 Å². The number of aliphatic carboxylic acids is 1. The molecule has 0 heterocycles. The van der Waals surface area contributed by atoms with Crippen molar-refractivity contribution in [2.24, 2.45) is 0 Å². The van der Waals surface area contributed by atoms with Crippen molar-refractivity contribution in [3.8, 4) is 5.75 Å². The Balaban J connectivity index is 3.00. The molecule has 1 rings (SSSR count). The van der Waals surface area contributed by atoms with Crippen LogP contribution in [0.1, 0.15) is 16.7 Å². The topological polar surface area (TPSA) is 46.5 Å². The van der Waals surface area contributed by atoms with Crippen LogP contribution in [-0.4, -0.2) is 17.4 Å². The summed E-state index contributed by atoms with van der Waals surface area (Å²) < 4.78 is 17.6. The summed E-state index contributed by atoms with van der Waals surface area (Å²) in [5, 5.41) is 8.38. The van der Waals surface area contributed by atoms with Gasteiger partial charge in [0.05, 0.1) is 0 Å².